The average Bonchev–Trinajstić information content (AvgIpc) is 2.09. The van der Waals surface area contributed by atoms with Crippen LogP contribution < -0.4 is 4.74 Å². The second-order valence-electron chi connectivity index (χ2n) is 3.38. The fraction of sp³-hybridized carbons (Fsp3) is 0.455. The fourth-order valence-corrected chi connectivity index (χ4v) is 1.19. The Kier molecular flexibility index (Phi) is 3.32. The summed E-state index contributed by atoms with van der Waals surface area (Å²) in [5, 5.41) is 8.82. The van der Waals surface area contributed by atoms with Crippen molar-refractivity contribution in [2.24, 2.45) is 0 Å². The van der Waals surface area contributed by atoms with Gasteiger partial charge in [0.15, 0.2) is 0 Å². The van der Waals surface area contributed by atoms with Crippen LogP contribution in [-0.4, -0.2) is 17.8 Å². The van der Waals surface area contributed by atoms with E-state index in [1.54, 1.807) is 0 Å². The number of aliphatic hydroxyl groups excluding tert-OH is 1. The monoisotopic (exact) mass is 180 g/mol. The molecule has 0 saturated carbocycles. The first-order valence-electron chi connectivity index (χ1n) is 4.48. The van der Waals surface area contributed by atoms with Crippen LogP contribution in [0, 0.1) is 13.8 Å². The summed E-state index contributed by atoms with van der Waals surface area (Å²) in [6.45, 7) is 5.95. The maximum Gasteiger partial charge on any atom is 0.122 e. The highest BCUT2D eigenvalue weighted by Crippen LogP contribution is 2.19. The van der Waals surface area contributed by atoms with E-state index < -0.39 is 0 Å². The van der Waals surface area contributed by atoms with Crippen molar-refractivity contribution in [3.8, 4) is 5.75 Å². The van der Waals surface area contributed by atoms with E-state index in [2.05, 4.69) is 6.07 Å². The first-order chi connectivity index (χ1) is 6.13. The highest BCUT2D eigenvalue weighted by Gasteiger charge is 2.04. The lowest BCUT2D eigenvalue weighted by atomic mass is 10.1. The van der Waals surface area contributed by atoms with E-state index in [9.17, 15) is 0 Å². The highest BCUT2D eigenvalue weighted by molar-refractivity contribution is 5.35. The minimum Gasteiger partial charge on any atom is -0.488 e. The molecular weight excluding hydrogens is 164 g/mol. The lowest BCUT2D eigenvalue weighted by molar-refractivity contribution is 0.129. The van der Waals surface area contributed by atoms with Crippen molar-refractivity contribution in [1.82, 2.24) is 0 Å². The number of benzene rings is 1. The molecule has 0 aliphatic rings. The third-order valence-electron chi connectivity index (χ3n) is 1.92. The van der Waals surface area contributed by atoms with E-state index in [1.807, 2.05) is 32.9 Å². The van der Waals surface area contributed by atoms with E-state index in [-0.39, 0.29) is 12.7 Å². The van der Waals surface area contributed by atoms with E-state index in [0.717, 1.165) is 11.3 Å². The third-order valence-corrected chi connectivity index (χ3v) is 1.92. The van der Waals surface area contributed by atoms with Gasteiger partial charge in [-0.3, -0.25) is 0 Å². The normalized spacial score (nSPS) is 12.6. The Morgan fingerprint density at radius 2 is 2.08 bits per heavy atom. The Balaban J connectivity index is 2.77. The number of rotatable bonds is 3. The molecule has 0 bridgehead atoms. The zero-order chi connectivity index (χ0) is 9.84. The fourth-order valence-electron chi connectivity index (χ4n) is 1.19. The van der Waals surface area contributed by atoms with Gasteiger partial charge in [0.2, 0.25) is 0 Å². The maximum atomic E-state index is 8.82. The summed E-state index contributed by atoms with van der Waals surface area (Å²) in [5.41, 5.74) is 2.34. The summed E-state index contributed by atoms with van der Waals surface area (Å²) in [6, 6.07) is 6.02. The van der Waals surface area contributed by atoms with Gasteiger partial charge in [0.1, 0.15) is 11.9 Å². The van der Waals surface area contributed by atoms with Crippen LogP contribution in [-0.2, 0) is 0 Å². The van der Waals surface area contributed by atoms with Crippen molar-refractivity contribution in [3.63, 3.8) is 0 Å². The molecule has 0 saturated heterocycles. The van der Waals surface area contributed by atoms with Gasteiger partial charge in [-0.15, -0.1) is 0 Å². The number of ether oxygens (including phenoxy) is 1. The van der Waals surface area contributed by atoms with Gasteiger partial charge in [-0.1, -0.05) is 17.7 Å². The molecule has 1 aromatic carbocycles. The van der Waals surface area contributed by atoms with Crippen LogP contribution in [0.2, 0.25) is 0 Å². The van der Waals surface area contributed by atoms with Crippen molar-refractivity contribution < 1.29 is 9.84 Å². The van der Waals surface area contributed by atoms with Crippen LogP contribution >= 0.6 is 0 Å². The lowest BCUT2D eigenvalue weighted by Crippen LogP contribution is -2.16. The molecule has 2 nitrogen and oxygen atoms in total. The largest absolute Gasteiger partial charge is 0.488 e. The highest BCUT2D eigenvalue weighted by atomic mass is 16.5. The smallest absolute Gasteiger partial charge is 0.122 e. The molecular formula is C11H16O2. The molecule has 1 unspecified atom stereocenters. The molecule has 1 aromatic rings. The van der Waals surface area contributed by atoms with Crippen LogP contribution in [0.15, 0.2) is 18.2 Å². The Morgan fingerprint density at radius 3 is 2.62 bits per heavy atom. The Bertz CT molecular complexity index is 281. The molecule has 1 N–H and O–H groups in total. The van der Waals surface area contributed by atoms with Gasteiger partial charge >= 0.3 is 0 Å². The summed E-state index contributed by atoms with van der Waals surface area (Å²) in [6.07, 6.45) is -0.138. The Morgan fingerprint density at radius 1 is 1.38 bits per heavy atom. The van der Waals surface area contributed by atoms with Gasteiger partial charge in [-0.05, 0) is 32.4 Å². The molecule has 72 valence electrons. The van der Waals surface area contributed by atoms with Crippen molar-refractivity contribution in [1.29, 1.82) is 0 Å². The first kappa shape index (κ1) is 10.1. The molecule has 0 aliphatic carbocycles. The average molecular weight is 180 g/mol. The molecule has 0 spiro atoms. The van der Waals surface area contributed by atoms with Crippen LogP contribution in [0.3, 0.4) is 0 Å². The SMILES string of the molecule is Cc1ccc(OC(C)CO)c(C)c1. The number of aryl methyl sites for hydroxylation is 2. The number of aliphatic hydroxyl groups is 1. The van der Waals surface area contributed by atoms with E-state index >= 15 is 0 Å². The molecule has 1 atom stereocenters. The maximum absolute atomic E-state index is 8.82. The van der Waals surface area contributed by atoms with Crippen LogP contribution in [0.25, 0.3) is 0 Å². The summed E-state index contributed by atoms with van der Waals surface area (Å²) in [5.74, 6) is 0.854. The second-order valence-corrected chi connectivity index (χ2v) is 3.38. The Hall–Kier alpha value is -1.02. The predicted octanol–water partition coefficient (Wildman–Crippen LogP) is 2.06. The van der Waals surface area contributed by atoms with Gasteiger partial charge < -0.3 is 9.84 Å². The van der Waals surface area contributed by atoms with Crippen molar-refractivity contribution in [3.05, 3.63) is 29.3 Å². The molecule has 0 aromatic heterocycles. The molecule has 0 heterocycles. The van der Waals surface area contributed by atoms with E-state index in [0.29, 0.717) is 0 Å². The van der Waals surface area contributed by atoms with Crippen molar-refractivity contribution >= 4 is 0 Å². The Labute approximate surface area is 79.2 Å². The predicted molar refractivity (Wildman–Crippen MR) is 53.1 cm³/mol. The summed E-state index contributed by atoms with van der Waals surface area (Å²) in [7, 11) is 0. The van der Waals surface area contributed by atoms with Crippen molar-refractivity contribution in [2.45, 2.75) is 26.9 Å². The lowest BCUT2D eigenvalue weighted by Gasteiger charge is -2.14. The molecule has 13 heavy (non-hydrogen) atoms. The first-order valence-corrected chi connectivity index (χ1v) is 4.48. The molecule has 0 aliphatic heterocycles. The molecule has 1 rings (SSSR count). The minimum absolute atomic E-state index is 0.0489. The third kappa shape index (κ3) is 2.74. The van der Waals surface area contributed by atoms with Gasteiger partial charge in [-0.2, -0.15) is 0 Å². The minimum atomic E-state index is -0.138. The van der Waals surface area contributed by atoms with E-state index in [4.69, 9.17) is 9.84 Å². The number of hydrogen-bond donors (Lipinski definition) is 1. The number of hydrogen-bond acceptors (Lipinski definition) is 2. The van der Waals surface area contributed by atoms with E-state index in [1.165, 1.54) is 5.56 Å². The topological polar surface area (TPSA) is 29.5 Å². The quantitative estimate of drug-likeness (QED) is 0.771. The van der Waals surface area contributed by atoms with Crippen LogP contribution in [0.1, 0.15) is 18.1 Å². The van der Waals surface area contributed by atoms with Gasteiger partial charge in [0.05, 0.1) is 6.61 Å². The van der Waals surface area contributed by atoms with Gasteiger partial charge in [-0.25, -0.2) is 0 Å². The second kappa shape index (κ2) is 4.28. The molecule has 0 fully saturated rings. The van der Waals surface area contributed by atoms with Gasteiger partial charge in [0.25, 0.3) is 0 Å². The van der Waals surface area contributed by atoms with Crippen LogP contribution in [0.5, 0.6) is 5.75 Å². The zero-order valence-electron chi connectivity index (χ0n) is 8.37. The summed E-state index contributed by atoms with van der Waals surface area (Å²) < 4.78 is 5.50. The summed E-state index contributed by atoms with van der Waals surface area (Å²) in [4.78, 5) is 0. The standard InChI is InChI=1S/C11H16O2/c1-8-4-5-11(9(2)6-8)13-10(3)7-12/h4-6,10,12H,7H2,1-3H3. The van der Waals surface area contributed by atoms with Crippen molar-refractivity contribution in [2.75, 3.05) is 6.61 Å². The van der Waals surface area contributed by atoms with Crippen LogP contribution in [0.4, 0.5) is 0 Å². The molecule has 2 heteroatoms. The molecule has 0 radical (unpaired) electrons. The zero-order valence-corrected chi connectivity index (χ0v) is 8.37. The summed E-state index contributed by atoms with van der Waals surface area (Å²) >= 11 is 0. The van der Waals surface area contributed by atoms with Gasteiger partial charge in [0, 0.05) is 0 Å². The molecule has 0 amide bonds.